The Morgan fingerprint density at radius 2 is 1.26 bits per heavy atom. The van der Waals surface area contributed by atoms with E-state index in [1.807, 2.05) is 6.92 Å². The van der Waals surface area contributed by atoms with Crippen LogP contribution in [0.15, 0.2) is 0 Å². The molecule has 0 aromatic rings. The third-order valence-electron chi connectivity index (χ3n) is 4.02. The van der Waals surface area contributed by atoms with Gasteiger partial charge in [-0.1, -0.05) is 38.5 Å². The van der Waals surface area contributed by atoms with Gasteiger partial charge in [-0.15, -0.1) is 0 Å². The fraction of sp³-hybridized carbons (Fsp3) is 0.842. The number of carbonyl (C=O) groups excluding carboxylic acids is 3. The van der Waals surface area contributed by atoms with E-state index in [0.717, 1.165) is 31.6 Å². The van der Waals surface area contributed by atoms with Crippen molar-refractivity contribution in [1.29, 1.82) is 0 Å². The van der Waals surface area contributed by atoms with Crippen LogP contribution in [0.1, 0.15) is 64.7 Å². The number of methoxy groups -OCH3 is 2. The van der Waals surface area contributed by atoms with Gasteiger partial charge in [0.2, 0.25) is 5.91 Å². The van der Waals surface area contributed by atoms with E-state index in [0.29, 0.717) is 6.42 Å². The number of rotatable bonds is 17. The topological polar surface area (TPSA) is 82.1 Å². The minimum absolute atomic E-state index is 0.224. The summed E-state index contributed by atoms with van der Waals surface area (Å²) in [4.78, 5) is 36.2. The van der Waals surface area contributed by atoms with Gasteiger partial charge >= 0.3 is 11.9 Å². The fourth-order valence-corrected chi connectivity index (χ4v) is 3.08. The van der Waals surface area contributed by atoms with E-state index in [2.05, 4.69) is 9.47 Å². The van der Waals surface area contributed by atoms with Gasteiger partial charge in [0, 0.05) is 12.2 Å². The predicted octanol–water partition coefficient (Wildman–Crippen LogP) is 3.36. The van der Waals surface area contributed by atoms with Gasteiger partial charge in [-0.2, -0.15) is 0 Å². The average molecular weight is 406 g/mol. The summed E-state index contributed by atoms with van der Waals surface area (Å²) in [5.41, 5.74) is 0. The van der Waals surface area contributed by atoms with E-state index in [1.165, 1.54) is 51.2 Å². The van der Waals surface area contributed by atoms with Crippen LogP contribution in [0.3, 0.4) is 0 Å². The minimum atomic E-state index is -0.549. The maximum Gasteiger partial charge on any atom is 0.325 e. The molecule has 0 aliphatic heterocycles. The highest BCUT2D eigenvalue weighted by Crippen LogP contribution is 2.13. The second kappa shape index (κ2) is 18.1. The molecule has 0 heterocycles. The third-order valence-corrected chi connectivity index (χ3v) is 4.88. The van der Waals surface area contributed by atoms with E-state index >= 15 is 0 Å². The molecule has 0 fully saturated rings. The van der Waals surface area contributed by atoms with Gasteiger partial charge in [-0.3, -0.25) is 14.4 Å². The summed E-state index contributed by atoms with van der Waals surface area (Å²) in [5.74, 6) is -0.264. The Morgan fingerprint density at radius 3 is 1.74 bits per heavy atom. The van der Waals surface area contributed by atoms with Crippen LogP contribution < -0.4 is 0 Å². The number of carbonyl (C=O) groups is 3. The van der Waals surface area contributed by atoms with Crippen LogP contribution in [0.4, 0.5) is 0 Å². The van der Waals surface area contributed by atoms with Crippen molar-refractivity contribution < 1.29 is 28.0 Å². The summed E-state index contributed by atoms with van der Waals surface area (Å²) >= 11 is 1.55. The third kappa shape index (κ3) is 15.5. The Kier molecular flexibility index (Phi) is 17.2. The van der Waals surface area contributed by atoms with Crippen LogP contribution in [-0.2, 0) is 28.0 Å². The summed E-state index contributed by atoms with van der Waals surface area (Å²) in [7, 11) is 2.50. The summed E-state index contributed by atoms with van der Waals surface area (Å²) in [5, 5.41) is 0. The monoisotopic (exact) mass is 405 g/mol. The summed E-state index contributed by atoms with van der Waals surface area (Å²) in [6.07, 6.45) is 9.17. The van der Waals surface area contributed by atoms with Crippen LogP contribution in [0.5, 0.6) is 0 Å². The van der Waals surface area contributed by atoms with E-state index in [4.69, 9.17) is 4.18 Å². The van der Waals surface area contributed by atoms with Gasteiger partial charge in [0.15, 0.2) is 0 Å². The standard InChI is InChI=1S/C19H35NO6S/c1-4-26-27-14-12-10-8-6-5-7-9-11-13-17(21)20(15-18(22)24-2)16-19(23)25-3/h4-16H2,1-3H3. The molecule has 0 aromatic carbocycles. The molecule has 1 amide bonds. The van der Waals surface area contributed by atoms with Crippen LogP contribution in [0.2, 0.25) is 0 Å². The van der Waals surface area contributed by atoms with Crippen LogP contribution in [0, 0.1) is 0 Å². The van der Waals surface area contributed by atoms with Crippen molar-refractivity contribution in [1.82, 2.24) is 4.90 Å². The second-order valence-electron chi connectivity index (χ2n) is 6.21. The van der Waals surface area contributed by atoms with Gasteiger partial charge in [-0.25, -0.2) is 0 Å². The van der Waals surface area contributed by atoms with Crippen LogP contribution in [-0.4, -0.2) is 62.4 Å². The average Bonchev–Trinajstić information content (AvgIpc) is 2.67. The lowest BCUT2D eigenvalue weighted by Crippen LogP contribution is -2.40. The quantitative estimate of drug-likeness (QED) is 0.208. The molecule has 0 unspecified atom stereocenters. The van der Waals surface area contributed by atoms with Crippen LogP contribution in [0.25, 0.3) is 0 Å². The Labute approximate surface area is 167 Å². The van der Waals surface area contributed by atoms with Gasteiger partial charge in [0.05, 0.1) is 20.8 Å². The number of unbranched alkanes of at least 4 members (excludes halogenated alkanes) is 7. The first-order valence-corrected chi connectivity index (χ1v) is 10.6. The van der Waals surface area contributed by atoms with Crippen molar-refractivity contribution in [2.75, 3.05) is 39.7 Å². The maximum absolute atomic E-state index is 12.2. The molecular weight excluding hydrogens is 370 g/mol. The number of esters is 2. The number of hydrogen-bond donors (Lipinski definition) is 0. The van der Waals surface area contributed by atoms with Crippen molar-refractivity contribution in [3.63, 3.8) is 0 Å². The molecule has 27 heavy (non-hydrogen) atoms. The number of ether oxygens (including phenoxy) is 2. The molecule has 0 saturated heterocycles. The maximum atomic E-state index is 12.2. The van der Waals surface area contributed by atoms with Gasteiger partial charge < -0.3 is 18.6 Å². The largest absolute Gasteiger partial charge is 0.468 e. The fourth-order valence-electron chi connectivity index (χ4n) is 2.47. The summed E-state index contributed by atoms with van der Waals surface area (Å²) < 4.78 is 14.4. The number of hydrogen-bond acceptors (Lipinski definition) is 7. The lowest BCUT2D eigenvalue weighted by atomic mass is 10.1. The zero-order valence-electron chi connectivity index (χ0n) is 17.0. The molecule has 8 heteroatoms. The van der Waals surface area contributed by atoms with Crippen molar-refractivity contribution in [2.45, 2.75) is 64.7 Å². The lowest BCUT2D eigenvalue weighted by molar-refractivity contribution is -0.152. The minimum Gasteiger partial charge on any atom is -0.468 e. The smallest absolute Gasteiger partial charge is 0.325 e. The first-order chi connectivity index (χ1) is 13.0. The van der Waals surface area contributed by atoms with E-state index in [1.54, 1.807) is 12.0 Å². The molecule has 158 valence electrons. The Bertz CT molecular complexity index is 401. The molecule has 0 aliphatic rings. The number of nitrogens with zero attached hydrogens (tertiary/aromatic N) is 1. The Morgan fingerprint density at radius 1 is 0.778 bits per heavy atom. The zero-order chi connectivity index (χ0) is 20.3. The molecule has 0 aliphatic carbocycles. The molecule has 0 bridgehead atoms. The molecule has 0 aromatic heterocycles. The molecular formula is C19H35NO6S. The van der Waals surface area contributed by atoms with Crippen molar-refractivity contribution in [3.8, 4) is 0 Å². The molecule has 0 atom stereocenters. The van der Waals surface area contributed by atoms with Crippen LogP contribution >= 0.6 is 12.0 Å². The highest BCUT2D eigenvalue weighted by Gasteiger charge is 2.20. The normalized spacial score (nSPS) is 10.5. The highest BCUT2D eigenvalue weighted by molar-refractivity contribution is 7.94. The van der Waals surface area contributed by atoms with Crippen molar-refractivity contribution in [2.24, 2.45) is 0 Å². The number of amides is 1. The van der Waals surface area contributed by atoms with Crippen molar-refractivity contribution >= 4 is 29.9 Å². The summed E-state index contributed by atoms with van der Waals surface area (Å²) in [6, 6.07) is 0. The molecule has 0 rings (SSSR count). The van der Waals surface area contributed by atoms with E-state index in [9.17, 15) is 14.4 Å². The van der Waals surface area contributed by atoms with Gasteiger partial charge in [0.1, 0.15) is 13.1 Å². The SMILES string of the molecule is CCOSCCCCCCCCCCC(=O)N(CC(=O)OC)CC(=O)OC. The predicted molar refractivity (Wildman–Crippen MR) is 106 cm³/mol. The zero-order valence-corrected chi connectivity index (χ0v) is 17.8. The van der Waals surface area contributed by atoms with Crippen molar-refractivity contribution in [3.05, 3.63) is 0 Å². The highest BCUT2D eigenvalue weighted by atomic mass is 32.2. The first-order valence-electron chi connectivity index (χ1n) is 9.70. The molecule has 7 nitrogen and oxygen atoms in total. The molecule has 0 spiro atoms. The lowest BCUT2D eigenvalue weighted by Gasteiger charge is -2.20. The Hall–Kier alpha value is -1.28. The van der Waals surface area contributed by atoms with E-state index < -0.39 is 11.9 Å². The van der Waals surface area contributed by atoms with Gasteiger partial charge in [0.25, 0.3) is 0 Å². The molecule has 0 saturated carbocycles. The van der Waals surface area contributed by atoms with E-state index in [-0.39, 0.29) is 19.0 Å². The first kappa shape index (κ1) is 25.7. The molecule has 0 N–H and O–H groups in total. The Balaban J connectivity index is 3.78. The summed E-state index contributed by atoms with van der Waals surface area (Å²) in [6.45, 7) is 2.30. The van der Waals surface area contributed by atoms with Gasteiger partial charge in [-0.05, 0) is 31.8 Å². The molecule has 0 radical (unpaired) electrons. The second-order valence-corrected chi connectivity index (χ2v) is 7.09.